The first kappa shape index (κ1) is 15.0. The molecular weight excluding hydrogens is 309 g/mol. The zero-order chi connectivity index (χ0) is 16.6. The van der Waals surface area contributed by atoms with E-state index in [1.807, 2.05) is 17.0 Å². The molecule has 0 unspecified atom stereocenters. The van der Waals surface area contributed by atoms with Crippen LogP contribution in [0.2, 0.25) is 0 Å². The first-order valence-electron chi connectivity index (χ1n) is 8.10. The summed E-state index contributed by atoms with van der Waals surface area (Å²) in [6.45, 7) is 1.48. The largest absolute Gasteiger partial charge is 0.350 e. The smallest absolute Gasteiger partial charge is 0.228 e. The maximum atomic E-state index is 12.9. The van der Waals surface area contributed by atoms with E-state index in [0.29, 0.717) is 5.95 Å². The molecule has 6 nitrogen and oxygen atoms in total. The molecule has 1 N–H and O–H groups in total. The highest BCUT2D eigenvalue weighted by molar-refractivity contribution is 5.87. The Labute approximate surface area is 139 Å². The van der Waals surface area contributed by atoms with Crippen LogP contribution in [0.15, 0.2) is 36.9 Å². The maximum Gasteiger partial charge on any atom is 0.228 e. The van der Waals surface area contributed by atoms with E-state index >= 15 is 0 Å². The second-order valence-electron chi connectivity index (χ2n) is 6.50. The Morgan fingerprint density at radius 2 is 1.96 bits per heavy atom. The van der Waals surface area contributed by atoms with Gasteiger partial charge in [-0.15, -0.1) is 0 Å². The monoisotopic (exact) mass is 327 g/mol. The highest BCUT2D eigenvalue weighted by atomic mass is 19.1. The minimum absolute atomic E-state index is 0.0782. The number of pyridine rings is 1. The van der Waals surface area contributed by atoms with E-state index in [-0.39, 0.29) is 17.4 Å². The maximum absolute atomic E-state index is 12.9. The normalized spacial score (nSPS) is 22.6. The third-order valence-corrected chi connectivity index (χ3v) is 5.00. The number of carbonyl (C=O) groups is 1. The number of nitrogens with one attached hydrogen (secondary N) is 1. The van der Waals surface area contributed by atoms with Crippen molar-refractivity contribution >= 4 is 11.9 Å². The topological polar surface area (TPSA) is 71.0 Å². The van der Waals surface area contributed by atoms with Crippen LogP contribution in [0.3, 0.4) is 0 Å². The van der Waals surface area contributed by atoms with E-state index in [4.69, 9.17) is 0 Å². The van der Waals surface area contributed by atoms with Gasteiger partial charge in [-0.1, -0.05) is 6.07 Å². The number of aromatic nitrogens is 3. The molecule has 1 spiro atoms. The van der Waals surface area contributed by atoms with Crippen molar-refractivity contribution in [2.24, 2.45) is 0 Å². The van der Waals surface area contributed by atoms with Crippen molar-refractivity contribution in [1.29, 1.82) is 0 Å². The lowest BCUT2D eigenvalue weighted by Gasteiger charge is -2.39. The van der Waals surface area contributed by atoms with Crippen LogP contribution >= 0.6 is 0 Å². The van der Waals surface area contributed by atoms with Crippen molar-refractivity contribution in [3.63, 3.8) is 0 Å². The number of hydrogen-bond acceptors (Lipinski definition) is 5. The summed E-state index contributed by atoms with van der Waals surface area (Å²) in [5, 5.41) is 3.20. The Kier molecular flexibility index (Phi) is 3.63. The summed E-state index contributed by atoms with van der Waals surface area (Å²) in [5.41, 5.74) is 0.796. The molecule has 7 heteroatoms. The second kappa shape index (κ2) is 5.81. The highest BCUT2D eigenvalue weighted by Gasteiger charge is 2.46. The predicted octanol–water partition coefficient (Wildman–Crippen LogP) is 1.65. The van der Waals surface area contributed by atoms with Gasteiger partial charge >= 0.3 is 0 Å². The molecule has 2 fully saturated rings. The van der Waals surface area contributed by atoms with Crippen molar-refractivity contribution in [3.8, 4) is 0 Å². The molecule has 0 aliphatic carbocycles. The lowest BCUT2D eigenvalue weighted by molar-refractivity contribution is -0.121. The fourth-order valence-corrected chi connectivity index (χ4v) is 3.67. The van der Waals surface area contributed by atoms with Gasteiger partial charge in [0, 0.05) is 31.0 Å². The molecule has 2 aliphatic heterocycles. The number of piperidine rings is 1. The van der Waals surface area contributed by atoms with Gasteiger partial charge in [0.2, 0.25) is 11.9 Å². The minimum Gasteiger partial charge on any atom is -0.350 e. The fraction of sp³-hybridized carbons (Fsp3) is 0.412. The Morgan fingerprint density at radius 3 is 2.62 bits per heavy atom. The Hall–Kier alpha value is -2.57. The highest BCUT2D eigenvalue weighted by Crippen LogP contribution is 2.39. The first-order chi connectivity index (χ1) is 11.7. The average Bonchev–Trinajstić information content (AvgIpc) is 2.93. The zero-order valence-electron chi connectivity index (χ0n) is 13.2. The molecule has 4 rings (SSSR count). The van der Waals surface area contributed by atoms with Crippen LogP contribution in [-0.2, 0) is 4.79 Å². The van der Waals surface area contributed by atoms with Crippen LogP contribution in [0.4, 0.5) is 10.3 Å². The number of nitrogens with zero attached hydrogens (tertiary/aromatic N) is 4. The Morgan fingerprint density at radius 1 is 1.21 bits per heavy atom. The Bertz CT molecular complexity index is 728. The van der Waals surface area contributed by atoms with Crippen molar-refractivity contribution in [3.05, 3.63) is 48.3 Å². The number of halogens is 1. The SMILES string of the molecule is O=C1NC2(CCN(c3ncc(F)cn3)CC2)C[C@@H]1c1cccnc1. The van der Waals surface area contributed by atoms with Crippen LogP contribution in [0.5, 0.6) is 0 Å². The first-order valence-corrected chi connectivity index (χ1v) is 8.10. The summed E-state index contributed by atoms with van der Waals surface area (Å²) in [5.74, 6) is 0.0517. The van der Waals surface area contributed by atoms with Gasteiger partial charge in [0.15, 0.2) is 5.82 Å². The van der Waals surface area contributed by atoms with E-state index in [1.54, 1.807) is 12.4 Å². The summed E-state index contributed by atoms with van der Waals surface area (Å²) < 4.78 is 12.9. The summed E-state index contributed by atoms with van der Waals surface area (Å²) in [6, 6.07) is 3.82. The van der Waals surface area contributed by atoms with Crippen LogP contribution in [0, 0.1) is 5.82 Å². The van der Waals surface area contributed by atoms with Gasteiger partial charge in [0.25, 0.3) is 0 Å². The predicted molar refractivity (Wildman–Crippen MR) is 85.9 cm³/mol. The van der Waals surface area contributed by atoms with Crippen LogP contribution in [0.1, 0.15) is 30.7 Å². The third kappa shape index (κ3) is 2.70. The van der Waals surface area contributed by atoms with Crippen molar-refractivity contribution in [1.82, 2.24) is 20.3 Å². The number of rotatable bonds is 2. The number of hydrogen-bond donors (Lipinski definition) is 1. The Balaban J connectivity index is 1.45. The zero-order valence-corrected chi connectivity index (χ0v) is 13.2. The van der Waals surface area contributed by atoms with Gasteiger partial charge in [-0.3, -0.25) is 9.78 Å². The molecule has 4 heterocycles. The lowest BCUT2D eigenvalue weighted by Crippen LogP contribution is -2.51. The van der Waals surface area contributed by atoms with Crippen LogP contribution in [0.25, 0.3) is 0 Å². The van der Waals surface area contributed by atoms with Crippen molar-refractivity contribution < 1.29 is 9.18 Å². The van der Waals surface area contributed by atoms with Gasteiger partial charge in [-0.05, 0) is 30.9 Å². The van der Waals surface area contributed by atoms with E-state index < -0.39 is 5.82 Å². The summed E-state index contributed by atoms with van der Waals surface area (Å²) in [6.07, 6.45) is 8.30. The van der Waals surface area contributed by atoms with Gasteiger partial charge < -0.3 is 10.2 Å². The van der Waals surface area contributed by atoms with Crippen molar-refractivity contribution in [2.75, 3.05) is 18.0 Å². The molecule has 0 saturated carbocycles. The summed E-state index contributed by atoms with van der Waals surface area (Å²) in [4.78, 5) is 26.7. The molecule has 0 bridgehead atoms. The van der Waals surface area contributed by atoms with Gasteiger partial charge in [-0.25, -0.2) is 14.4 Å². The molecule has 0 radical (unpaired) electrons. The molecular formula is C17H18FN5O. The fourth-order valence-electron chi connectivity index (χ4n) is 3.67. The molecule has 0 aromatic carbocycles. The van der Waals surface area contributed by atoms with Crippen molar-refractivity contribution in [2.45, 2.75) is 30.7 Å². The number of anilines is 1. The minimum atomic E-state index is -0.436. The molecule has 2 saturated heterocycles. The van der Waals surface area contributed by atoms with E-state index in [1.165, 1.54) is 12.4 Å². The van der Waals surface area contributed by atoms with Crippen LogP contribution in [-0.4, -0.2) is 39.5 Å². The van der Waals surface area contributed by atoms with E-state index in [2.05, 4.69) is 20.3 Å². The average molecular weight is 327 g/mol. The summed E-state index contributed by atoms with van der Waals surface area (Å²) in [7, 11) is 0. The third-order valence-electron chi connectivity index (χ3n) is 5.00. The molecule has 1 atom stereocenters. The lowest BCUT2D eigenvalue weighted by atomic mass is 9.82. The molecule has 2 aromatic rings. The molecule has 1 amide bonds. The standard InChI is InChI=1S/C17H18FN5O/c18-13-10-20-16(21-11-13)23-6-3-17(4-7-23)8-14(15(24)22-17)12-2-1-5-19-9-12/h1-2,5,9-11,14H,3-4,6-8H2,(H,22,24)/t14-/m1/s1. The molecule has 2 aromatic heterocycles. The van der Waals surface area contributed by atoms with Gasteiger partial charge in [0.05, 0.1) is 18.3 Å². The van der Waals surface area contributed by atoms with Gasteiger partial charge in [0.1, 0.15) is 0 Å². The quantitative estimate of drug-likeness (QED) is 0.908. The number of carbonyl (C=O) groups excluding carboxylic acids is 1. The molecule has 124 valence electrons. The number of amides is 1. The van der Waals surface area contributed by atoms with E-state index in [0.717, 1.165) is 37.9 Å². The molecule has 24 heavy (non-hydrogen) atoms. The van der Waals surface area contributed by atoms with E-state index in [9.17, 15) is 9.18 Å². The second-order valence-corrected chi connectivity index (χ2v) is 6.50. The van der Waals surface area contributed by atoms with Crippen LogP contribution < -0.4 is 10.2 Å². The summed E-state index contributed by atoms with van der Waals surface area (Å²) >= 11 is 0. The van der Waals surface area contributed by atoms with Gasteiger partial charge in [-0.2, -0.15) is 0 Å². The molecule has 2 aliphatic rings.